The second kappa shape index (κ2) is 5.55. The van der Waals surface area contributed by atoms with Crippen molar-refractivity contribution in [3.05, 3.63) is 41.2 Å². The van der Waals surface area contributed by atoms with E-state index in [2.05, 4.69) is 20.3 Å². The summed E-state index contributed by atoms with van der Waals surface area (Å²) in [6.45, 7) is 0.637. The SMILES string of the molecule is COC(=O)c1ccc(CNc2nnc(C3CC3)n2C)cc1. The zero-order valence-electron chi connectivity index (χ0n) is 12.2. The van der Waals surface area contributed by atoms with Gasteiger partial charge >= 0.3 is 5.97 Å². The van der Waals surface area contributed by atoms with Crippen LogP contribution in [0.1, 0.15) is 40.5 Å². The van der Waals surface area contributed by atoms with Crippen molar-refractivity contribution < 1.29 is 9.53 Å². The van der Waals surface area contributed by atoms with Gasteiger partial charge in [0.2, 0.25) is 5.95 Å². The summed E-state index contributed by atoms with van der Waals surface area (Å²) in [6.07, 6.45) is 2.42. The molecule has 1 heterocycles. The van der Waals surface area contributed by atoms with Crippen LogP contribution in [0.5, 0.6) is 0 Å². The van der Waals surface area contributed by atoms with Gasteiger partial charge in [0.1, 0.15) is 5.82 Å². The summed E-state index contributed by atoms with van der Waals surface area (Å²) < 4.78 is 6.69. The summed E-state index contributed by atoms with van der Waals surface area (Å²) in [5.74, 6) is 2.08. The first kappa shape index (κ1) is 13.6. The maximum absolute atomic E-state index is 11.4. The van der Waals surface area contributed by atoms with Crippen molar-refractivity contribution in [1.82, 2.24) is 14.8 Å². The van der Waals surface area contributed by atoms with E-state index in [0.29, 0.717) is 18.0 Å². The lowest BCUT2D eigenvalue weighted by Crippen LogP contribution is -2.07. The Morgan fingerprint density at radius 3 is 2.67 bits per heavy atom. The Labute approximate surface area is 123 Å². The van der Waals surface area contributed by atoms with Crippen LogP contribution in [0.15, 0.2) is 24.3 Å². The lowest BCUT2D eigenvalue weighted by atomic mass is 10.1. The second-order valence-electron chi connectivity index (χ2n) is 5.26. The van der Waals surface area contributed by atoms with Gasteiger partial charge in [0.25, 0.3) is 0 Å². The highest BCUT2D eigenvalue weighted by Crippen LogP contribution is 2.39. The standard InChI is InChI=1S/C15H18N4O2/c1-19-13(11-7-8-11)17-18-15(19)16-9-10-3-5-12(6-4-10)14(20)21-2/h3-6,11H,7-9H2,1-2H3,(H,16,18). The van der Waals surface area contributed by atoms with Crippen molar-refractivity contribution in [1.29, 1.82) is 0 Å². The topological polar surface area (TPSA) is 69.0 Å². The number of nitrogens with one attached hydrogen (secondary N) is 1. The molecule has 0 atom stereocenters. The molecule has 1 fully saturated rings. The molecule has 1 saturated carbocycles. The smallest absolute Gasteiger partial charge is 0.337 e. The molecule has 110 valence electrons. The number of carbonyl (C=O) groups is 1. The maximum Gasteiger partial charge on any atom is 0.337 e. The van der Waals surface area contributed by atoms with Crippen LogP contribution in [0.3, 0.4) is 0 Å². The van der Waals surface area contributed by atoms with Gasteiger partial charge in [-0.2, -0.15) is 0 Å². The van der Waals surface area contributed by atoms with Crippen LogP contribution in [-0.2, 0) is 18.3 Å². The Morgan fingerprint density at radius 2 is 2.05 bits per heavy atom. The summed E-state index contributed by atoms with van der Waals surface area (Å²) in [7, 11) is 3.36. The second-order valence-corrected chi connectivity index (χ2v) is 5.26. The van der Waals surface area contributed by atoms with Crippen LogP contribution in [-0.4, -0.2) is 27.8 Å². The number of aromatic nitrogens is 3. The van der Waals surface area contributed by atoms with E-state index < -0.39 is 0 Å². The van der Waals surface area contributed by atoms with Crippen molar-refractivity contribution >= 4 is 11.9 Å². The highest BCUT2D eigenvalue weighted by Gasteiger charge is 2.29. The molecule has 0 unspecified atom stereocenters. The van der Waals surface area contributed by atoms with E-state index in [1.54, 1.807) is 12.1 Å². The van der Waals surface area contributed by atoms with E-state index in [1.807, 2.05) is 23.7 Å². The van der Waals surface area contributed by atoms with E-state index in [4.69, 9.17) is 0 Å². The highest BCUT2D eigenvalue weighted by atomic mass is 16.5. The summed E-state index contributed by atoms with van der Waals surface area (Å²) in [5, 5.41) is 11.7. The molecule has 1 aliphatic carbocycles. The molecule has 0 bridgehead atoms. The summed E-state index contributed by atoms with van der Waals surface area (Å²) in [4.78, 5) is 11.4. The summed E-state index contributed by atoms with van der Waals surface area (Å²) >= 11 is 0. The number of nitrogens with zero attached hydrogens (tertiary/aromatic N) is 3. The van der Waals surface area contributed by atoms with Crippen molar-refractivity contribution in [2.75, 3.05) is 12.4 Å². The Hall–Kier alpha value is -2.37. The molecule has 6 nitrogen and oxygen atoms in total. The van der Waals surface area contributed by atoms with Crippen molar-refractivity contribution in [2.45, 2.75) is 25.3 Å². The molecule has 0 aliphatic heterocycles. The van der Waals surface area contributed by atoms with Gasteiger partial charge in [-0.15, -0.1) is 10.2 Å². The maximum atomic E-state index is 11.4. The van der Waals surface area contributed by atoms with E-state index in [-0.39, 0.29) is 5.97 Å². The summed E-state index contributed by atoms with van der Waals surface area (Å²) in [5.41, 5.74) is 1.62. The van der Waals surface area contributed by atoms with Crippen molar-refractivity contribution in [2.24, 2.45) is 7.05 Å². The van der Waals surface area contributed by atoms with Gasteiger partial charge in [0.15, 0.2) is 0 Å². The summed E-state index contributed by atoms with van der Waals surface area (Å²) in [6, 6.07) is 7.32. The zero-order chi connectivity index (χ0) is 14.8. The average molecular weight is 286 g/mol. The first-order chi connectivity index (χ1) is 10.2. The van der Waals surface area contributed by atoms with Gasteiger partial charge in [-0.3, -0.25) is 0 Å². The lowest BCUT2D eigenvalue weighted by Gasteiger charge is -2.07. The minimum atomic E-state index is -0.322. The van der Waals surface area contributed by atoms with Gasteiger partial charge in [0, 0.05) is 19.5 Å². The number of hydrogen-bond acceptors (Lipinski definition) is 5. The van der Waals surface area contributed by atoms with Gasteiger partial charge in [-0.1, -0.05) is 12.1 Å². The number of benzene rings is 1. The number of carbonyl (C=O) groups excluding carboxylic acids is 1. The molecule has 1 aromatic carbocycles. The minimum absolute atomic E-state index is 0.322. The number of ether oxygens (including phenoxy) is 1. The zero-order valence-corrected chi connectivity index (χ0v) is 12.2. The minimum Gasteiger partial charge on any atom is -0.465 e. The lowest BCUT2D eigenvalue weighted by molar-refractivity contribution is 0.0600. The van der Waals surface area contributed by atoms with Crippen molar-refractivity contribution in [3.63, 3.8) is 0 Å². The molecular formula is C15H18N4O2. The third-order valence-electron chi connectivity index (χ3n) is 3.68. The van der Waals surface area contributed by atoms with E-state index in [1.165, 1.54) is 20.0 Å². The Morgan fingerprint density at radius 1 is 1.33 bits per heavy atom. The molecule has 21 heavy (non-hydrogen) atoms. The molecule has 1 aromatic heterocycles. The fraction of sp³-hybridized carbons (Fsp3) is 0.400. The van der Waals surface area contributed by atoms with E-state index in [0.717, 1.165) is 17.3 Å². The van der Waals surface area contributed by atoms with Crippen LogP contribution in [0.4, 0.5) is 5.95 Å². The molecule has 0 radical (unpaired) electrons. The normalized spacial score (nSPS) is 14.0. The largest absolute Gasteiger partial charge is 0.465 e. The third-order valence-corrected chi connectivity index (χ3v) is 3.68. The quantitative estimate of drug-likeness (QED) is 0.852. The molecule has 3 rings (SSSR count). The Bertz CT molecular complexity index is 644. The molecule has 0 spiro atoms. The van der Waals surface area contributed by atoms with Gasteiger partial charge in [-0.25, -0.2) is 4.79 Å². The van der Waals surface area contributed by atoms with Gasteiger partial charge in [-0.05, 0) is 30.5 Å². The van der Waals surface area contributed by atoms with E-state index in [9.17, 15) is 4.79 Å². The molecule has 6 heteroatoms. The highest BCUT2D eigenvalue weighted by molar-refractivity contribution is 5.89. The van der Waals surface area contributed by atoms with Gasteiger partial charge in [0.05, 0.1) is 12.7 Å². The number of rotatable bonds is 5. The average Bonchev–Trinajstić information content (AvgIpc) is 3.29. The number of esters is 1. The van der Waals surface area contributed by atoms with Crippen LogP contribution in [0.2, 0.25) is 0 Å². The van der Waals surface area contributed by atoms with Crippen LogP contribution in [0.25, 0.3) is 0 Å². The monoisotopic (exact) mass is 286 g/mol. The molecular weight excluding hydrogens is 268 g/mol. The van der Waals surface area contributed by atoms with E-state index >= 15 is 0 Å². The van der Waals surface area contributed by atoms with Crippen molar-refractivity contribution in [3.8, 4) is 0 Å². The predicted octanol–water partition coefficient (Wildman–Crippen LogP) is 2.09. The third kappa shape index (κ3) is 2.89. The molecule has 0 saturated heterocycles. The number of hydrogen-bond donors (Lipinski definition) is 1. The Balaban J connectivity index is 1.63. The molecule has 2 aromatic rings. The number of methoxy groups -OCH3 is 1. The molecule has 1 N–H and O–H groups in total. The number of anilines is 1. The predicted molar refractivity (Wildman–Crippen MR) is 78.1 cm³/mol. The van der Waals surface area contributed by atoms with Gasteiger partial charge < -0.3 is 14.6 Å². The van der Waals surface area contributed by atoms with Crippen LogP contribution < -0.4 is 5.32 Å². The molecule has 1 aliphatic rings. The Kier molecular flexibility index (Phi) is 3.60. The fourth-order valence-electron chi connectivity index (χ4n) is 2.25. The van der Waals surface area contributed by atoms with Crippen LogP contribution >= 0.6 is 0 Å². The first-order valence-electron chi connectivity index (χ1n) is 6.99. The van der Waals surface area contributed by atoms with Crippen LogP contribution in [0, 0.1) is 0 Å². The molecule has 0 amide bonds. The first-order valence-corrected chi connectivity index (χ1v) is 6.99. The fourth-order valence-corrected chi connectivity index (χ4v) is 2.25.